The lowest BCUT2D eigenvalue weighted by Gasteiger charge is -2.26. The van der Waals surface area contributed by atoms with Gasteiger partial charge in [-0.05, 0) is 78.3 Å². The maximum absolute atomic E-state index is 12.7. The second-order valence-corrected chi connectivity index (χ2v) is 9.93. The Kier molecular flexibility index (Phi) is 4.97. The van der Waals surface area contributed by atoms with Crippen LogP contribution in [0.25, 0.3) is 11.1 Å². The molecule has 0 aliphatic heterocycles. The Labute approximate surface area is 197 Å². The molecule has 8 heteroatoms. The zero-order valence-corrected chi connectivity index (χ0v) is 18.9. The van der Waals surface area contributed by atoms with Crippen molar-refractivity contribution in [2.45, 2.75) is 57.3 Å². The largest absolute Gasteiger partial charge is 0.361 e. The number of primary amides is 1. The summed E-state index contributed by atoms with van der Waals surface area (Å²) in [6.45, 7) is 0. The van der Waals surface area contributed by atoms with Crippen LogP contribution in [-0.4, -0.2) is 26.9 Å². The third kappa shape index (κ3) is 3.67. The summed E-state index contributed by atoms with van der Waals surface area (Å²) in [4.78, 5) is 32.7. The molecule has 2 heterocycles. The summed E-state index contributed by atoms with van der Waals surface area (Å²) in [5, 5.41) is 7.06. The van der Waals surface area contributed by atoms with Crippen molar-refractivity contribution < 1.29 is 14.1 Å². The van der Waals surface area contributed by atoms with E-state index in [1.807, 2.05) is 12.1 Å². The number of amides is 2. The summed E-state index contributed by atoms with van der Waals surface area (Å²) in [5.74, 6) is 0.450. The SMILES string of the molecule is NC(=O)c1nc([C@@H]2CCCCc3cc(-c4ccnc(NC(=O)[C@H]5CC56CCC6)c4)ccc32)no1. The average molecular weight is 458 g/mol. The highest BCUT2D eigenvalue weighted by molar-refractivity contribution is 5.95. The molecule has 3 aliphatic carbocycles. The Bertz CT molecular complexity index is 1280. The van der Waals surface area contributed by atoms with E-state index in [1.54, 1.807) is 6.20 Å². The normalized spacial score (nSPS) is 22.4. The molecule has 3 aromatic rings. The molecule has 2 aromatic heterocycles. The summed E-state index contributed by atoms with van der Waals surface area (Å²) in [6.07, 6.45) is 10.3. The molecule has 3 N–H and O–H groups in total. The van der Waals surface area contributed by atoms with Crippen molar-refractivity contribution in [3.05, 3.63) is 59.4 Å². The Hall–Kier alpha value is -3.55. The van der Waals surface area contributed by atoms with Gasteiger partial charge in [-0.3, -0.25) is 9.59 Å². The number of aromatic nitrogens is 3. The van der Waals surface area contributed by atoms with Gasteiger partial charge in [0.2, 0.25) is 5.91 Å². The molecule has 0 radical (unpaired) electrons. The Balaban J connectivity index is 1.25. The van der Waals surface area contributed by atoms with Crippen LogP contribution in [0.15, 0.2) is 41.1 Å². The van der Waals surface area contributed by atoms with Gasteiger partial charge in [0.1, 0.15) is 5.82 Å². The number of nitrogens with two attached hydrogens (primary N) is 1. The standard InChI is InChI=1S/C26H27N5O3/c27-22(32)25-30-23(31-34-25)19-5-2-1-4-17-12-15(6-7-18(17)19)16-8-11-28-21(13-16)29-24(33)20-14-26(20)9-3-10-26/h6-8,11-13,19-20H,1-5,9-10,14H2,(H2,27,32)(H,28,29,33)/t19-,20-/m1/s1. The first-order valence-electron chi connectivity index (χ1n) is 12.1. The van der Waals surface area contributed by atoms with Crippen LogP contribution in [0, 0.1) is 11.3 Å². The number of pyridine rings is 1. The van der Waals surface area contributed by atoms with Crippen LogP contribution in [0.3, 0.4) is 0 Å². The number of nitrogens with zero attached hydrogens (tertiary/aromatic N) is 3. The van der Waals surface area contributed by atoms with Crippen molar-refractivity contribution in [2.24, 2.45) is 17.1 Å². The molecule has 8 nitrogen and oxygen atoms in total. The van der Waals surface area contributed by atoms with Crippen LogP contribution in [0.5, 0.6) is 0 Å². The topological polar surface area (TPSA) is 124 Å². The summed E-state index contributed by atoms with van der Waals surface area (Å²) in [6, 6.07) is 10.3. The van der Waals surface area contributed by atoms with Gasteiger partial charge in [0.25, 0.3) is 0 Å². The van der Waals surface area contributed by atoms with E-state index < -0.39 is 5.91 Å². The molecule has 0 unspecified atom stereocenters. The van der Waals surface area contributed by atoms with E-state index in [9.17, 15) is 9.59 Å². The summed E-state index contributed by atoms with van der Waals surface area (Å²) in [7, 11) is 0. The highest BCUT2D eigenvalue weighted by Crippen LogP contribution is 2.65. The molecule has 2 amide bonds. The van der Waals surface area contributed by atoms with Gasteiger partial charge >= 0.3 is 11.8 Å². The van der Waals surface area contributed by atoms with Crippen LogP contribution >= 0.6 is 0 Å². The second-order valence-electron chi connectivity index (χ2n) is 9.93. The van der Waals surface area contributed by atoms with E-state index in [4.69, 9.17) is 10.3 Å². The minimum atomic E-state index is -0.715. The van der Waals surface area contributed by atoms with Crippen LogP contribution in [-0.2, 0) is 11.2 Å². The van der Waals surface area contributed by atoms with Crippen molar-refractivity contribution in [3.8, 4) is 11.1 Å². The number of aryl methyl sites for hydroxylation is 1. The van der Waals surface area contributed by atoms with Crippen molar-refractivity contribution in [2.75, 3.05) is 5.32 Å². The molecule has 34 heavy (non-hydrogen) atoms. The Morgan fingerprint density at radius 2 is 1.94 bits per heavy atom. The van der Waals surface area contributed by atoms with Gasteiger partial charge in [0, 0.05) is 18.0 Å². The van der Waals surface area contributed by atoms with Crippen molar-refractivity contribution in [1.82, 2.24) is 15.1 Å². The lowest BCUT2D eigenvalue weighted by atomic mass is 9.80. The minimum absolute atomic E-state index is 0.0342. The maximum Gasteiger partial charge on any atom is 0.315 e. The molecule has 2 fully saturated rings. The third-order valence-electron chi connectivity index (χ3n) is 7.87. The summed E-state index contributed by atoms with van der Waals surface area (Å²) < 4.78 is 5.04. The fourth-order valence-electron chi connectivity index (χ4n) is 5.70. The molecular formula is C26H27N5O3. The molecule has 6 rings (SSSR count). The first kappa shape index (κ1) is 21.0. The number of anilines is 1. The van der Waals surface area contributed by atoms with Crippen molar-refractivity contribution in [3.63, 3.8) is 0 Å². The first-order valence-corrected chi connectivity index (χ1v) is 12.1. The van der Waals surface area contributed by atoms with Crippen molar-refractivity contribution >= 4 is 17.6 Å². The number of benzene rings is 1. The van der Waals surface area contributed by atoms with Gasteiger partial charge in [0.05, 0.1) is 0 Å². The number of hydrogen-bond acceptors (Lipinski definition) is 6. The van der Waals surface area contributed by atoms with Gasteiger partial charge in [-0.15, -0.1) is 0 Å². The van der Waals surface area contributed by atoms with Crippen molar-refractivity contribution in [1.29, 1.82) is 0 Å². The van der Waals surface area contributed by atoms with E-state index >= 15 is 0 Å². The molecule has 2 saturated carbocycles. The van der Waals surface area contributed by atoms with Gasteiger partial charge in [-0.1, -0.05) is 36.2 Å². The third-order valence-corrected chi connectivity index (χ3v) is 7.87. The predicted octanol–water partition coefficient (Wildman–Crippen LogP) is 4.22. The molecule has 3 aliphatic rings. The predicted molar refractivity (Wildman–Crippen MR) is 125 cm³/mol. The van der Waals surface area contributed by atoms with Gasteiger partial charge in [0.15, 0.2) is 5.82 Å². The van der Waals surface area contributed by atoms with E-state index in [1.165, 1.54) is 24.8 Å². The highest BCUT2D eigenvalue weighted by atomic mass is 16.5. The fraction of sp³-hybridized carbons (Fsp3) is 0.423. The first-order chi connectivity index (χ1) is 16.5. The molecule has 1 aromatic carbocycles. The minimum Gasteiger partial charge on any atom is -0.361 e. The zero-order valence-electron chi connectivity index (χ0n) is 18.9. The zero-order chi connectivity index (χ0) is 23.3. The van der Waals surface area contributed by atoms with E-state index in [2.05, 4.69) is 38.6 Å². The number of hydrogen-bond donors (Lipinski definition) is 2. The van der Waals surface area contributed by atoms with E-state index in [-0.39, 0.29) is 23.6 Å². The Morgan fingerprint density at radius 3 is 2.68 bits per heavy atom. The summed E-state index contributed by atoms with van der Waals surface area (Å²) >= 11 is 0. The number of fused-ring (bicyclic) bond motifs is 1. The van der Waals surface area contributed by atoms with Gasteiger partial charge in [-0.2, -0.15) is 4.98 Å². The highest BCUT2D eigenvalue weighted by Gasteiger charge is 2.60. The number of nitrogens with one attached hydrogen (secondary N) is 1. The number of carbonyl (C=O) groups excluding carboxylic acids is 2. The fourth-order valence-corrected chi connectivity index (χ4v) is 5.70. The van der Waals surface area contributed by atoms with Crippen LogP contribution in [0.2, 0.25) is 0 Å². The van der Waals surface area contributed by atoms with Crippen LogP contribution in [0.4, 0.5) is 5.82 Å². The average Bonchev–Trinajstić information content (AvgIpc) is 3.48. The maximum atomic E-state index is 12.7. The molecule has 1 spiro atoms. The Morgan fingerprint density at radius 1 is 1.09 bits per heavy atom. The molecule has 0 bridgehead atoms. The molecule has 0 saturated heterocycles. The van der Waals surface area contributed by atoms with Gasteiger partial charge in [-0.25, -0.2) is 4.98 Å². The molecular weight excluding hydrogens is 430 g/mol. The quantitative estimate of drug-likeness (QED) is 0.553. The van der Waals surface area contributed by atoms with Crippen LogP contribution in [0.1, 0.15) is 78.5 Å². The lowest BCUT2D eigenvalue weighted by molar-refractivity contribution is -0.118. The smallest absolute Gasteiger partial charge is 0.315 e. The lowest BCUT2D eigenvalue weighted by Crippen LogP contribution is -2.23. The monoisotopic (exact) mass is 457 g/mol. The molecule has 2 atom stereocenters. The van der Waals surface area contributed by atoms with E-state index in [0.717, 1.165) is 48.8 Å². The van der Waals surface area contributed by atoms with E-state index in [0.29, 0.717) is 17.1 Å². The van der Waals surface area contributed by atoms with Gasteiger partial charge < -0.3 is 15.6 Å². The number of rotatable bonds is 5. The summed E-state index contributed by atoms with van der Waals surface area (Å²) in [5.41, 5.74) is 10.1. The van der Waals surface area contributed by atoms with Crippen LogP contribution < -0.4 is 11.1 Å². The second kappa shape index (κ2) is 8.04. The molecule has 174 valence electrons. The number of carbonyl (C=O) groups is 2.